The van der Waals surface area contributed by atoms with Crippen molar-refractivity contribution in [1.29, 1.82) is 0 Å². The number of carboxylic acids is 1. The van der Waals surface area contributed by atoms with Crippen LogP contribution in [0.15, 0.2) is 0 Å². The highest BCUT2D eigenvalue weighted by atomic mass is 16.4. The molecule has 1 heterocycles. The van der Waals surface area contributed by atoms with E-state index in [2.05, 4.69) is 31.0 Å². The molecule has 1 aliphatic carbocycles. The summed E-state index contributed by atoms with van der Waals surface area (Å²) in [6.45, 7) is 10.2. The molecular formula is C16H30N2O2. The van der Waals surface area contributed by atoms with Gasteiger partial charge in [-0.1, -0.05) is 20.8 Å². The fourth-order valence-corrected chi connectivity index (χ4v) is 3.42. The van der Waals surface area contributed by atoms with Crippen LogP contribution in [-0.4, -0.2) is 47.7 Å². The third-order valence-corrected chi connectivity index (χ3v) is 5.24. The molecule has 2 fully saturated rings. The van der Waals surface area contributed by atoms with E-state index >= 15 is 0 Å². The Labute approximate surface area is 122 Å². The van der Waals surface area contributed by atoms with E-state index in [0.29, 0.717) is 18.4 Å². The molecule has 116 valence electrons. The first-order valence-electron chi connectivity index (χ1n) is 8.20. The number of nitrogens with zero attached hydrogens (tertiary/aromatic N) is 1. The molecular weight excluding hydrogens is 252 g/mol. The highest BCUT2D eigenvalue weighted by Crippen LogP contribution is 2.41. The Hall–Kier alpha value is -0.610. The van der Waals surface area contributed by atoms with Crippen molar-refractivity contribution in [2.24, 2.45) is 17.8 Å². The molecule has 0 spiro atoms. The van der Waals surface area contributed by atoms with Crippen LogP contribution in [0.25, 0.3) is 0 Å². The molecule has 1 aliphatic heterocycles. The van der Waals surface area contributed by atoms with E-state index < -0.39 is 11.5 Å². The molecule has 1 saturated heterocycles. The minimum absolute atomic E-state index is 0.321. The molecule has 0 aromatic heterocycles. The van der Waals surface area contributed by atoms with E-state index in [1.165, 1.54) is 6.42 Å². The molecule has 0 bridgehead atoms. The maximum atomic E-state index is 11.9. The van der Waals surface area contributed by atoms with E-state index in [-0.39, 0.29) is 0 Å². The quantitative estimate of drug-likeness (QED) is 0.751. The number of hydrogen-bond donors (Lipinski definition) is 2. The summed E-state index contributed by atoms with van der Waals surface area (Å²) in [4.78, 5) is 14.3. The summed E-state index contributed by atoms with van der Waals surface area (Å²) in [7, 11) is 0. The second-order valence-corrected chi connectivity index (χ2v) is 6.96. The number of rotatable bonds is 7. The average Bonchev–Trinajstić information content (AvgIpc) is 3.23. The second kappa shape index (κ2) is 6.44. The molecule has 20 heavy (non-hydrogen) atoms. The SMILES string of the molecule is CCCNC(CN1CCC(C)C(C)C1)(C(=O)O)C1CC1. The van der Waals surface area contributed by atoms with Crippen LogP contribution in [0.4, 0.5) is 0 Å². The van der Waals surface area contributed by atoms with E-state index in [4.69, 9.17) is 0 Å². The van der Waals surface area contributed by atoms with Gasteiger partial charge in [0, 0.05) is 13.1 Å². The zero-order chi connectivity index (χ0) is 14.8. The lowest BCUT2D eigenvalue weighted by atomic mass is 9.86. The summed E-state index contributed by atoms with van der Waals surface area (Å²) in [6.07, 6.45) is 4.29. The van der Waals surface area contributed by atoms with E-state index in [0.717, 1.165) is 44.8 Å². The van der Waals surface area contributed by atoms with Crippen molar-refractivity contribution in [1.82, 2.24) is 10.2 Å². The average molecular weight is 282 g/mol. The number of carboxylic acid groups (broad SMARTS) is 1. The fourth-order valence-electron chi connectivity index (χ4n) is 3.42. The first-order chi connectivity index (χ1) is 9.49. The van der Waals surface area contributed by atoms with E-state index in [1.807, 2.05) is 0 Å². The number of hydrogen-bond acceptors (Lipinski definition) is 3. The maximum Gasteiger partial charge on any atom is 0.325 e. The van der Waals surface area contributed by atoms with Crippen molar-refractivity contribution in [3.63, 3.8) is 0 Å². The number of piperidine rings is 1. The van der Waals surface area contributed by atoms with Gasteiger partial charge in [0.05, 0.1) is 0 Å². The Bertz CT molecular complexity index is 343. The Kier molecular flexibility index (Phi) is 5.08. The summed E-state index contributed by atoms with van der Waals surface area (Å²) in [6, 6.07) is 0. The normalized spacial score (nSPS) is 30.9. The van der Waals surface area contributed by atoms with Crippen molar-refractivity contribution in [3.05, 3.63) is 0 Å². The van der Waals surface area contributed by atoms with Crippen LogP contribution < -0.4 is 5.32 Å². The smallest absolute Gasteiger partial charge is 0.325 e. The van der Waals surface area contributed by atoms with Crippen LogP contribution in [-0.2, 0) is 4.79 Å². The Morgan fingerprint density at radius 2 is 2.00 bits per heavy atom. The lowest BCUT2D eigenvalue weighted by Gasteiger charge is -2.41. The second-order valence-electron chi connectivity index (χ2n) is 6.96. The first kappa shape index (κ1) is 15.8. The number of nitrogens with one attached hydrogen (secondary N) is 1. The van der Waals surface area contributed by atoms with Gasteiger partial charge < -0.3 is 15.3 Å². The molecule has 4 nitrogen and oxygen atoms in total. The molecule has 0 aromatic rings. The lowest BCUT2D eigenvalue weighted by Crippen LogP contribution is -2.62. The molecule has 3 unspecified atom stereocenters. The first-order valence-corrected chi connectivity index (χ1v) is 8.20. The summed E-state index contributed by atoms with van der Waals surface area (Å²) < 4.78 is 0. The number of likely N-dealkylation sites (tertiary alicyclic amines) is 1. The molecule has 4 heteroatoms. The third kappa shape index (κ3) is 3.34. The Morgan fingerprint density at radius 1 is 1.30 bits per heavy atom. The Morgan fingerprint density at radius 3 is 2.50 bits per heavy atom. The van der Waals surface area contributed by atoms with Gasteiger partial charge in [0.15, 0.2) is 0 Å². The van der Waals surface area contributed by atoms with Crippen LogP contribution >= 0.6 is 0 Å². The van der Waals surface area contributed by atoms with Gasteiger partial charge in [-0.2, -0.15) is 0 Å². The summed E-state index contributed by atoms with van der Waals surface area (Å²) in [5.74, 6) is 1.09. The van der Waals surface area contributed by atoms with Gasteiger partial charge >= 0.3 is 5.97 Å². The Balaban J connectivity index is 2.05. The molecule has 1 saturated carbocycles. The van der Waals surface area contributed by atoms with Crippen LogP contribution in [0.5, 0.6) is 0 Å². The van der Waals surface area contributed by atoms with Crippen molar-refractivity contribution >= 4 is 5.97 Å². The predicted octanol–water partition coefficient (Wildman–Crippen LogP) is 2.20. The van der Waals surface area contributed by atoms with E-state index in [9.17, 15) is 9.90 Å². The van der Waals surface area contributed by atoms with Crippen LogP contribution in [0.1, 0.15) is 46.5 Å². The topological polar surface area (TPSA) is 52.6 Å². The minimum atomic E-state index is -0.712. The zero-order valence-electron chi connectivity index (χ0n) is 13.2. The molecule has 0 radical (unpaired) electrons. The molecule has 2 rings (SSSR count). The van der Waals surface area contributed by atoms with Crippen molar-refractivity contribution in [2.75, 3.05) is 26.2 Å². The van der Waals surface area contributed by atoms with Gasteiger partial charge in [-0.15, -0.1) is 0 Å². The van der Waals surface area contributed by atoms with Gasteiger partial charge in [-0.3, -0.25) is 4.79 Å². The molecule has 3 atom stereocenters. The van der Waals surface area contributed by atoms with Gasteiger partial charge in [-0.05, 0) is 56.5 Å². The van der Waals surface area contributed by atoms with Crippen LogP contribution in [0.2, 0.25) is 0 Å². The third-order valence-electron chi connectivity index (χ3n) is 5.24. The van der Waals surface area contributed by atoms with Gasteiger partial charge in [0.1, 0.15) is 5.54 Å². The summed E-state index contributed by atoms with van der Waals surface area (Å²) >= 11 is 0. The fraction of sp³-hybridized carbons (Fsp3) is 0.938. The van der Waals surface area contributed by atoms with Crippen molar-refractivity contribution < 1.29 is 9.90 Å². The maximum absolute atomic E-state index is 11.9. The predicted molar refractivity (Wildman–Crippen MR) is 80.8 cm³/mol. The van der Waals surface area contributed by atoms with Crippen molar-refractivity contribution in [3.8, 4) is 0 Å². The van der Waals surface area contributed by atoms with E-state index in [1.54, 1.807) is 0 Å². The van der Waals surface area contributed by atoms with Crippen LogP contribution in [0, 0.1) is 17.8 Å². The van der Waals surface area contributed by atoms with Crippen LogP contribution in [0.3, 0.4) is 0 Å². The van der Waals surface area contributed by atoms with Gasteiger partial charge in [0.2, 0.25) is 0 Å². The highest BCUT2D eigenvalue weighted by molar-refractivity contribution is 5.80. The minimum Gasteiger partial charge on any atom is -0.480 e. The number of carbonyl (C=O) groups is 1. The largest absolute Gasteiger partial charge is 0.480 e. The van der Waals surface area contributed by atoms with Crippen molar-refractivity contribution in [2.45, 2.75) is 52.0 Å². The monoisotopic (exact) mass is 282 g/mol. The standard InChI is InChI=1S/C16H30N2O2/c1-4-8-17-16(15(19)20,14-5-6-14)11-18-9-7-12(2)13(3)10-18/h12-14,17H,4-11H2,1-3H3,(H,19,20). The molecule has 0 amide bonds. The number of aliphatic carboxylic acids is 1. The van der Waals surface area contributed by atoms with Gasteiger partial charge in [-0.25, -0.2) is 0 Å². The zero-order valence-corrected chi connectivity index (χ0v) is 13.2. The molecule has 2 aliphatic rings. The highest BCUT2D eigenvalue weighted by Gasteiger charge is 2.51. The van der Waals surface area contributed by atoms with Gasteiger partial charge in [0.25, 0.3) is 0 Å². The molecule has 0 aromatic carbocycles. The molecule has 2 N–H and O–H groups in total. The summed E-state index contributed by atoms with van der Waals surface area (Å²) in [5.41, 5.74) is -0.712. The lowest BCUT2D eigenvalue weighted by molar-refractivity contribution is -0.147. The summed E-state index contributed by atoms with van der Waals surface area (Å²) in [5, 5.41) is 13.2.